The first-order valence-corrected chi connectivity index (χ1v) is 7.63. The largest absolute Gasteiger partial charge is 0.480 e. The first-order valence-electron chi connectivity index (χ1n) is 7.63. The molecule has 0 aliphatic carbocycles. The molecule has 0 atom stereocenters. The van der Waals surface area contributed by atoms with Crippen LogP contribution in [-0.4, -0.2) is 36.5 Å². The fourth-order valence-electron chi connectivity index (χ4n) is 2.62. The van der Waals surface area contributed by atoms with Gasteiger partial charge in [0.1, 0.15) is 6.54 Å². The number of benzene rings is 1. The molecule has 3 aromatic rings. The minimum atomic E-state index is -0.993. The number of hydrogen-bond acceptors (Lipinski definition) is 4. The van der Waals surface area contributed by atoms with E-state index in [0.717, 1.165) is 0 Å². The highest BCUT2D eigenvalue weighted by Crippen LogP contribution is 2.22. The summed E-state index contributed by atoms with van der Waals surface area (Å²) in [5, 5.41) is 20.1. The summed E-state index contributed by atoms with van der Waals surface area (Å²) in [6, 6.07) is 8.89. The molecule has 2 aromatic heterocycles. The van der Waals surface area contributed by atoms with E-state index in [2.05, 4.69) is 15.5 Å². The number of nitrogens with zero attached hydrogens (tertiary/aromatic N) is 4. The van der Waals surface area contributed by atoms with Crippen LogP contribution in [-0.2, 0) is 11.3 Å². The van der Waals surface area contributed by atoms with Gasteiger partial charge in [-0.25, -0.2) is 4.68 Å². The summed E-state index contributed by atoms with van der Waals surface area (Å²) in [5.41, 5.74) is 2.77. The predicted molar refractivity (Wildman–Crippen MR) is 90.9 cm³/mol. The molecule has 0 saturated carbocycles. The number of rotatable bonds is 5. The number of carboxylic acids is 1. The maximum absolute atomic E-state index is 12.8. The second-order valence-electron chi connectivity index (χ2n) is 5.52. The normalized spacial score (nSPS) is 10.6. The Labute approximate surface area is 143 Å². The van der Waals surface area contributed by atoms with Crippen LogP contribution in [0, 0.1) is 13.8 Å². The van der Waals surface area contributed by atoms with Gasteiger partial charge in [-0.3, -0.25) is 14.3 Å². The van der Waals surface area contributed by atoms with Crippen molar-refractivity contribution in [3.8, 4) is 5.69 Å². The van der Waals surface area contributed by atoms with Crippen LogP contribution in [0.15, 0.2) is 42.7 Å². The highest BCUT2D eigenvalue weighted by molar-refractivity contribution is 6.07. The van der Waals surface area contributed by atoms with E-state index in [1.165, 1.54) is 4.68 Å². The maximum atomic E-state index is 12.8. The number of carbonyl (C=O) groups excluding carboxylic acids is 1. The average Bonchev–Trinajstić information content (AvgIpc) is 3.19. The Bertz CT molecular complexity index is 928. The van der Waals surface area contributed by atoms with Crippen molar-refractivity contribution in [1.29, 1.82) is 0 Å². The zero-order valence-electron chi connectivity index (χ0n) is 13.8. The minimum absolute atomic E-state index is 0.258. The second kappa shape index (κ2) is 6.60. The molecule has 0 spiro atoms. The molecule has 2 N–H and O–H groups in total. The van der Waals surface area contributed by atoms with Gasteiger partial charge in [0, 0.05) is 12.4 Å². The van der Waals surface area contributed by atoms with E-state index in [1.807, 2.05) is 6.07 Å². The molecule has 0 bridgehead atoms. The van der Waals surface area contributed by atoms with Crippen molar-refractivity contribution < 1.29 is 14.7 Å². The van der Waals surface area contributed by atoms with Crippen LogP contribution in [0.2, 0.25) is 0 Å². The van der Waals surface area contributed by atoms with Crippen LogP contribution >= 0.6 is 0 Å². The van der Waals surface area contributed by atoms with Crippen LogP contribution in [0.4, 0.5) is 5.69 Å². The van der Waals surface area contributed by atoms with E-state index in [1.54, 1.807) is 55.2 Å². The molecule has 0 aliphatic rings. The summed E-state index contributed by atoms with van der Waals surface area (Å²) < 4.78 is 2.97. The van der Waals surface area contributed by atoms with Crippen molar-refractivity contribution in [1.82, 2.24) is 19.6 Å². The van der Waals surface area contributed by atoms with Gasteiger partial charge in [-0.05, 0) is 32.0 Å². The number of aromatic nitrogens is 4. The van der Waals surface area contributed by atoms with Crippen LogP contribution in [0.3, 0.4) is 0 Å². The summed E-state index contributed by atoms with van der Waals surface area (Å²) in [4.78, 5) is 23.7. The molecule has 0 fully saturated rings. The summed E-state index contributed by atoms with van der Waals surface area (Å²) in [7, 11) is 0. The molecule has 0 aliphatic heterocycles. The number of anilines is 1. The maximum Gasteiger partial charge on any atom is 0.325 e. The molecule has 2 heterocycles. The van der Waals surface area contributed by atoms with Gasteiger partial charge in [-0.1, -0.05) is 12.1 Å². The molecule has 8 heteroatoms. The summed E-state index contributed by atoms with van der Waals surface area (Å²) in [5.74, 6) is -1.31. The van der Waals surface area contributed by atoms with Gasteiger partial charge in [0.15, 0.2) is 0 Å². The van der Waals surface area contributed by atoms with Gasteiger partial charge < -0.3 is 10.4 Å². The first kappa shape index (κ1) is 16.4. The second-order valence-corrected chi connectivity index (χ2v) is 5.52. The van der Waals surface area contributed by atoms with Crippen LogP contribution < -0.4 is 5.32 Å². The van der Waals surface area contributed by atoms with E-state index in [4.69, 9.17) is 5.11 Å². The number of aryl methyl sites for hydroxylation is 1. The Hall–Kier alpha value is -3.42. The Morgan fingerprint density at radius 2 is 1.96 bits per heavy atom. The lowest BCUT2D eigenvalue weighted by atomic mass is 10.1. The number of nitrogens with one attached hydrogen (secondary N) is 1. The number of amides is 1. The topological polar surface area (TPSA) is 102 Å². The summed E-state index contributed by atoms with van der Waals surface area (Å²) in [6.07, 6.45) is 3.40. The highest BCUT2D eigenvalue weighted by atomic mass is 16.4. The van der Waals surface area contributed by atoms with Crippen LogP contribution in [0.5, 0.6) is 0 Å². The van der Waals surface area contributed by atoms with Gasteiger partial charge in [0.25, 0.3) is 5.91 Å². The molecule has 1 amide bonds. The molecular formula is C17H17N5O3. The number of aliphatic carboxylic acids is 1. The van der Waals surface area contributed by atoms with Gasteiger partial charge in [0.05, 0.1) is 28.3 Å². The van der Waals surface area contributed by atoms with Gasteiger partial charge in [-0.2, -0.15) is 10.2 Å². The van der Waals surface area contributed by atoms with E-state index in [0.29, 0.717) is 28.3 Å². The molecule has 0 unspecified atom stereocenters. The average molecular weight is 339 g/mol. The van der Waals surface area contributed by atoms with E-state index >= 15 is 0 Å². The molecule has 0 radical (unpaired) electrons. The van der Waals surface area contributed by atoms with Crippen LogP contribution in [0.25, 0.3) is 5.69 Å². The molecule has 3 rings (SSSR count). The fraction of sp³-hybridized carbons (Fsp3) is 0.176. The van der Waals surface area contributed by atoms with Gasteiger partial charge in [-0.15, -0.1) is 0 Å². The van der Waals surface area contributed by atoms with E-state index in [9.17, 15) is 9.59 Å². The standard InChI is InChI=1S/C17H17N5O3/c1-11-16(12(2)22(20-11)10-15(23)24)19-17(25)13-6-3-4-7-14(13)21-9-5-8-18-21/h3-9H,10H2,1-2H3,(H,19,25)(H,23,24). The predicted octanol–water partition coefficient (Wildman–Crippen LogP) is 2.02. The summed E-state index contributed by atoms with van der Waals surface area (Å²) in [6.45, 7) is 3.19. The summed E-state index contributed by atoms with van der Waals surface area (Å²) >= 11 is 0. The van der Waals surface area contributed by atoms with Crippen LogP contribution in [0.1, 0.15) is 21.7 Å². The number of carbonyl (C=O) groups is 2. The lowest BCUT2D eigenvalue weighted by molar-refractivity contribution is -0.137. The highest BCUT2D eigenvalue weighted by Gasteiger charge is 2.18. The van der Waals surface area contributed by atoms with Gasteiger partial charge in [0.2, 0.25) is 0 Å². The third kappa shape index (κ3) is 3.27. The monoisotopic (exact) mass is 339 g/mol. The fourth-order valence-corrected chi connectivity index (χ4v) is 2.62. The van der Waals surface area contributed by atoms with Crippen molar-refractivity contribution in [3.05, 3.63) is 59.7 Å². The van der Waals surface area contributed by atoms with E-state index in [-0.39, 0.29) is 12.5 Å². The van der Waals surface area contributed by atoms with Crippen molar-refractivity contribution in [2.45, 2.75) is 20.4 Å². The van der Waals surface area contributed by atoms with Crippen molar-refractivity contribution in [2.75, 3.05) is 5.32 Å². The van der Waals surface area contributed by atoms with Gasteiger partial charge >= 0.3 is 5.97 Å². The number of para-hydroxylation sites is 1. The third-order valence-electron chi connectivity index (χ3n) is 3.80. The zero-order valence-corrected chi connectivity index (χ0v) is 13.8. The quantitative estimate of drug-likeness (QED) is 0.740. The lowest BCUT2D eigenvalue weighted by Crippen LogP contribution is -2.16. The smallest absolute Gasteiger partial charge is 0.325 e. The molecule has 8 nitrogen and oxygen atoms in total. The Kier molecular flexibility index (Phi) is 4.34. The van der Waals surface area contributed by atoms with Crippen molar-refractivity contribution in [3.63, 3.8) is 0 Å². The first-order chi connectivity index (χ1) is 12.0. The number of carboxylic acid groups (broad SMARTS) is 1. The Morgan fingerprint density at radius 3 is 2.64 bits per heavy atom. The molecule has 25 heavy (non-hydrogen) atoms. The lowest BCUT2D eigenvalue weighted by Gasteiger charge is -2.10. The number of hydrogen-bond donors (Lipinski definition) is 2. The molecular weight excluding hydrogens is 322 g/mol. The van der Waals surface area contributed by atoms with Crippen molar-refractivity contribution >= 4 is 17.6 Å². The zero-order chi connectivity index (χ0) is 18.0. The SMILES string of the molecule is Cc1nn(CC(=O)O)c(C)c1NC(=O)c1ccccc1-n1cccn1. The van der Waals surface area contributed by atoms with Crippen molar-refractivity contribution in [2.24, 2.45) is 0 Å². The van der Waals surface area contributed by atoms with E-state index < -0.39 is 5.97 Å². The minimum Gasteiger partial charge on any atom is -0.480 e. The Balaban J connectivity index is 1.92. The third-order valence-corrected chi connectivity index (χ3v) is 3.80. The molecule has 128 valence electrons. The Morgan fingerprint density at radius 1 is 1.20 bits per heavy atom. The molecule has 1 aromatic carbocycles. The molecule has 0 saturated heterocycles.